The van der Waals surface area contributed by atoms with Gasteiger partial charge < -0.3 is 15.4 Å². The van der Waals surface area contributed by atoms with E-state index in [1.54, 1.807) is 19.5 Å². The van der Waals surface area contributed by atoms with Crippen LogP contribution in [0.5, 0.6) is 5.75 Å². The number of aryl methyl sites for hydroxylation is 1. The fraction of sp³-hybridized carbons (Fsp3) is 0.100. The molecule has 0 amide bonds. The molecule has 2 aromatic heterocycles. The summed E-state index contributed by atoms with van der Waals surface area (Å²) in [5.74, 6) is 1.81. The molecule has 2 aromatic carbocycles. The molecule has 0 bridgehead atoms. The van der Waals surface area contributed by atoms with Gasteiger partial charge in [0.05, 0.1) is 7.11 Å². The van der Waals surface area contributed by atoms with Crippen molar-refractivity contribution in [2.24, 2.45) is 0 Å². The van der Waals surface area contributed by atoms with Gasteiger partial charge in [-0.1, -0.05) is 17.7 Å². The van der Waals surface area contributed by atoms with Gasteiger partial charge in [0.2, 0.25) is 5.95 Å². The molecule has 4 aromatic rings. The second-order valence-electron chi connectivity index (χ2n) is 5.97. The SMILES string of the molecule is COc1ccc(Nc2nc(Nc3ccc(C)cc3)nc3nccnc23)cc1. The summed E-state index contributed by atoms with van der Waals surface area (Å²) < 4.78 is 5.20. The second-order valence-corrected chi connectivity index (χ2v) is 5.97. The summed E-state index contributed by atoms with van der Waals surface area (Å²) >= 11 is 0. The van der Waals surface area contributed by atoms with Crippen LogP contribution in [0.15, 0.2) is 60.9 Å². The molecular formula is C20H18N6O. The number of fused-ring (bicyclic) bond motifs is 1. The van der Waals surface area contributed by atoms with Gasteiger partial charge in [-0.3, -0.25) is 0 Å². The van der Waals surface area contributed by atoms with E-state index < -0.39 is 0 Å². The van der Waals surface area contributed by atoms with E-state index in [-0.39, 0.29) is 0 Å². The van der Waals surface area contributed by atoms with E-state index in [1.165, 1.54) is 5.56 Å². The second kappa shape index (κ2) is 7.25. The van der Waals surface area contributed by atoms with E-state index in [1.807, 2.05) is 55.5 Å². The Balaban J connectivity index is 1.70. The molecule has 0 spiro atoms. The van der Waals surface area contributed by atoms with E-state index in [9.17, 15) is 0 Å². The monoisotopic (exact) mass is 358 g/mol. The number of hydrogen-bond donors (Lipinski definition) is 2. The predicted molar refractivity (Wildman–Crippen MR) is 106 cm³/mol. The van der Waals surface area contributed by atoms with Crippen molar-refractivity contribution in [2.45, 2.75) is 6.92 Å². The van der Waals surface area contributed by atoms with Crippen molar-refractivity contribution in [2.75, 3.05) is 17.7 Å². The largest absolute Gasteiger partial charge is 0.497 e. The number of ether oxygens (including phenoxy) is 1. The number of nitrogens with zero attached hydrogens (tertiary/aromatic N) is 4. The van der Waals surface area contributed by atoms with Crippen molar-refractivity contribution < 1.29 is 4.74 Å². The number of nitrogens with one attached hydrogen (secondary N) is 2. The van der Waals surface area contributed by atoms with Crippen LogP contribution in [0.25, 0.3) is 11.2 Å². The Kier molecular flexibility index (Phi) is 4.49. The van der Waals surface area contributed by atoms with Gasteiger partial charge in [0.15, 0.2) is 17.0 Å². The first-order valence-corrected chi connectivity index (χ1v) is 8.45. The summed E-state index contributed by atoms with van der Waals surface area (Å²) in [7, 11) is 1.64. The van der Waals surface area contributed by atoms with Crippen molar-refractivity contribution in [1.82, 2.24) is 19.9 Å². The molecule has 0 unspecified atom stereocenters. The average molecular weight is 358 g/mol. The zero-order valence-electron chi connectivity index (χ0n) is 15.0. The number of rotatable bonds is 5. The number of anilines is 4. The predicted octanol–water partition coefficient (Wildman–Crippen LogP) is 4.22. The maximum atomic E-state index is 5.20. The van der Waals surface area contributed by atoms with Crippen LogP contribution in [0.1, 0.15) is 5.56 Å². The third kappa shape index (κ3) is 3.77. The van der Waals surface area contributed by atoms with Crippen LogP contribution in [0, 0.1) is 6.92 Å². The molecule has 0 atom stereocenters. The lowest BCUT2D eigenvalue weighted by molar-refractivity contribution is 0.415. The minimum atomic E-state index is 0.447. The molecule has 0 aliphatic heterocycles. The first-order valence-electron chi connectivity index (χ1n) is 8.45. The Labute approximate surface area is 156 Å². The van der Waals surface area contributed by atoms with Gasteiger partial charge in [0.25, 0.3) is 0 Å². The van der Waals surface area contributed by atoms with E-state index in [0.717, 1.165) is 17.1 Å². The van der Waals surface area contributed by atoms with Crippen molar-refractivity contribution in [3.05, 3.63) is 66.5 Å². The maximum Gasteiger partial charge on any atom is 0.231 e. The topological polar surface area (TPSA) is 84.9 Å². The summed E-state index contributed by atoms with van der Waals surface area (Å²) in [6.45, 7) is 2.04. The van der Waals surface area contributed by atoms with Crippen LogP contribution in [0.4, 0.5) is 23.1 Å². The van der Waals surface area contributed by atoms with Gasteiger partial charge in [-0.15, -0.1) is 0 Å². The molecule has 4 rings (SSSR count). The summed E-state index contributed by atoms with van der Waals surface area (Å²) in [5, 5.41) is 6.50. The van der Waals surface area contributed by atoms with Crippen LogP contribution in [0.2, 0.25) is 0 Å². The fourth-order valence-electron chi connectivity index (χ4n) is 2.58. The highest BCUT2D eigenvalue weighted by atomic mass is 16.5. The molecule has 0 aliphatic rings. The summed E-state index contributed by atoms with van der Waals surface area (Å²) in [5.41, 5.74) is 4.07. The third-order valence-corrected chi connectivity index (χ3v) is 3.99. The average Bonchev–Trinajstić information content (AvgIpc) is 2.70. The first kappa shape index (κ1) is 16.7. The standard InChI is InChI=1S/C20H18N6O/c1-13-3-5-15(6-4-13)24-20-25-18-17(21-11-12-22-18)19(26-20)23-14-7-9-16(27-2)10-8-14/h3-12H,1-2H3,(H2,22,23,24,25,26). The molecule has 7 heteroatoms. The molecule has 134 valence electrons. The molecule has 0 saturated carbocycles. The third-order valence-electron chi connectivity index (χ3n) is 3.99. The summed E-state index contributed by atoms with van der Waals surface area (Å²) in [6.07, 6.45) is 3.24. The minimum absolute atomic E-state index is 0.447. The fourth-order valence-corrected chi connectivity index (χ4v) is 2.58. The van der Waals surface area contributed by atoms with Crippen LogP contribution < -0.4 is 15.4 Å². The number of hydrogen-bond acceptors (Lipinski definition) is 7. The lowest BCUT2D eigenvalue weighted by Gasteiger charge is -2.11. The lowest BCUT2D eigenvalue weighted by Crippen LogP contribution is -2.04. The molecule has 0 radical (unpaired) electrons. The van der Waals surface area contributed by atoms with Crippen molar-refractivity contribution in [1.29, 1.82) is 0 Å². The van der Waals surface area contributed by atoms with Crippen molar-refractivity contribution in [3.8, 4) is 5.75 Å². The highest BCUT2D eigenvalue weighted by molar-refractivity contribution is 5.86. The van der Waals surface area contributed by atoms with Crippen molar-refractivity contribution >= 4 is 34.3 Å². The summed E-state index contributed by atoms with van der Waals surface area (Å²) in [6, 6.07) is 15.6. The zero-order chi connectivity index (χ0) is 18.6. The van der Waals surface area contributed by atoms with Crippen LogP contribution in [-0.4, -0.2) is 27.0 Å². The Morgan fingerprint density at radius 2 is 1.44 bits per heavy atom. The van der Waals surface area contributed by atoms with E-state index in [0.29, 0.717) is 22.9 Å². The van der Waals surface area contributed by atoms with Gasteiger partial charge in [0.1, 0.15) is 5.75 Å². The van der Waals surface area contributed by atoms with Gasteiger partial charge in [-0.25, -0.2) is 9.97 Å². The molecule has 27 heavy (non-hydrogen) atoms. The number of methoxy groups -OCH3 is 1. The maximum absolute atomic E-state index is 5.20. The normalized spacial score (nSPS) is 10.6. The summed E-state index contributed by atoms with van der Waals surface area (Å²) in [4.78, 5) is 17.7. The minimum Gasteiger partial charge on any atom is -0.497 e. The van der Waals surface area contributed by atoms with E-state index >= 15 is 0 Å². The van der Waals surface area contributed by atoms with E-state index in [2.05, 4.69) is 30.6 Å². The quantitative estimate of drug-likeness (QED) is 0.552. The van der Waals surface area contributed by atoms with Crippen LogP contribution >= 0.6 is 0 Å². The number of benzene rings is 2. The molecule has 2 N–H and O–H groups in total. The molecule has 0 saturated heterocycles. The lowest BCUT2D eigenvalue weighted by atomic mass is 10.2. The molecule has 0 aliphatic carbocycles. The van der Waals surface area contributed by atoms with E-state index in [4.69, 9.17) is 4.74 Å². The molecule has 0 fully saturated rings. The molecular weight excluding hydrogens is 340 g/mol. The Hall–Kier alpha value is -3.74. The highest BCUT2D eigenvalue weighted by Gasteiger charge is 2.11. The Morgan fingerprint density at radius 1 is 0.778 bits per heavy atom. The Morgan fingerprint density at radius 3 is 2.19 bits per heavy atom. The van der Waals surface area contributed by atoms with Gasteiger partial charge in [0, 0.05) is 23.8 Å². The van der Waals surface area contributed by atoms with Crippen LogP contribution in [-0.2, 0) is 0 Å². The Bertz CT molecular complexity index is 1060. The van der Waals surface area contributed by atoms with Crippen LogP contribution in [0.3, 0.4) is 0 Å². The van der Waals surface area contributed by atoms with Gasteiger partial charge in [-0.2, -0.15) is 9.97 Å². The van der Waals surface area contributed by atoms with Crippen molar-refractivity contribution in [3.63, 3.8) is 0 Å². The zero-order valence-corrected chi connectivity index (χ0v) is 15.0. The smallest absolute Gasteiger partial charge is 0.231 e. The highest BCUT2D eigenvalue weighted by Crippen LogP contribution is 2.25. The number of aromatic nitrogens is 4. The van der Waals surface area contributed by atoms with Gasteiger partial charge >= 0.3 is 0 Å². The molecule has 7 nitrogen and oxygen atoms in total. The molecule has 2 heterocycles. The van der Waals surface area contributed by atoms with Gasteiger partial charge in [-0.05, 0) is 43.3 Å². The first-order chi connectivity index (χ1) is 13.2.